The lowest BCUT2D eigenvalue weighted by molar-refractivity contribution is -0.147. The minimum atomic E-state index is -0.835. The zero-order valence-corrected chi connectivity index (χ0v) is 14.0. The summed E-state index contributed by atoms with van der Waals surface area (Å²) >= 11 is 0. The highest BCUT2D eigenvalue weighted by Crippen LogP contribution is 2.08. The van der Waals surface area contributed by atoms with E-state index in [4.69, 9.17) is 9.15 Å². The number of carbonyl (C=O) groups is 2. The van der Waals surface area contributed by atoms with E-state index in [1.54, 1.807) is 24.4 Å². The Hall–Kier alpha value is -3.41. The molecule has 1 N–H and O–H groups in total. The summed E-state index contributed by atoms with van der Waals surface area (Å²) in [5, 5.41) is 2.68. The van der Waals surface area contributed by atoms with Crippen LogP contribution in [0.25, 0.3) is 0 Å². The van der Waals surface area contributed by atoms with Crippen LogP contribution < -0.4 is 5.32 Å². The number of aromatic nitrogens is 1. The first-order valence-electron chi connectivity index (χ1n) is 8.17. The topological polar surface area (TPSA) is 81.4 Å². The number of pyridine rings is 1. The van der Waals surface area contributed by atoms with Gasteiger partial charge in [0.1, 0.15) is 12.6 Å². The molecule has 3 rings (SSSR count). The highest BCUT2D eigenvalue weighted by atomic mass is 16.5. The lowest BCUT2D eigenvalue weighted by atomic mass is 10.1. The molecule has 6 heteroatoms. The fraction of sp³-hybridized carbons (Fsp3) is 0.150. The molecule has 2 heterocycles. The number of carbonyl (C=O) groups excluding carboxylic acids is 2. The van der Waals surface area contributed by atoms with Crippen molar-refractivity contribution >= 4 is 11.9 Å². The van der Waals surface area contributed by atoms with Gasteiger partial charge in [-0.1, -0.05) is 36.4 Å². The molecule has 0 unspecified atom stereocenters. The van der Waals surface area contributed by atoms with Crippen LogP contribution in [0.3, 0.4) is 0 Å². The number of hydrogen-bond acceptors (Lipinski definition) is 5. The van der Waals surface area contributed by atoms with Gasteiger partial charge >= 0.3 is 5.97 Å². The number of nitrogens with zero attached hydrogens (tertiary/aromatic N) is 1. The Morgan fingerprint density at radius 2 is 1.85 bits per heavy atom. The van der Waals surface area contributed by atoms with Crippen LogP contribution in [0.15, 0.2) is 77.5 Å². The number of hydrogen-bond donors (Lipinski definition) is 1. The van der Waals surface area contributed by atoms with Crippen LogP contribution in [0.1, 0.15) is 21.8 Å². The molecule has 1 atom stereocenters. The minimum Gasteiger partial charge on any atom is -0.459 e. The van der Waals surface area contributed by atoms with Gasteiger partial charge in [0, 0.05) is 12.6 Å². The monoisotopic (exact) mass is 350 g/mol. The number of nitrogens with one attached hydrogen (secondary N) is 1. The van der Waals surface area contributed by atoms with Gasteiger partial charge < -0.3 is 14.5 Å². The second-order valence-electron chi connectivity index (χ2n) is 5.62. The van der Waals surface area contributed by atoms with Crippen molar-refractivity contribution in [3.05, 3.63) is 90.1 Å². The van der Waals surface area contributed by atoms with Gasteiger partial charge in [0.25, 0.3) is 5.91 Å². The van der Waals surface area contributed by atoms with Crippen molar-refractivity contribution in [2.75, 3.05) is 0 Å². The van der Waals surface area contributed by atoms with Crippen molar-refractivity contribution in [1.82, 2.24) is 10.3 Å². The van der Waals surface area contributed by atoms with E-state index in [-0.39, 0.29) is 12.4 Å². The molecule has 0 radical (unpaired) electrons. The number of benzene rings is 1. The fourth-order valence-electron chi connectivity index (χ4n) is 2.41. The smallest absolute Gasteiger partial charge is 0.329 e. The standard InChI is InChI=1S/C20H18N2O4/c23-19(18-10-6-12-25-18)22-17(13-15-7-2-1-3-8-15)20(24)26-14-16-9-4-5-11-21-16/h1-12,17H,13-14H2,(H,22,23)/t17-/m0/s1. The molecular formula is C20H18N2O4. The molecule has 3 aromatic rings. The van der Waals surface area contributed by atoms with Crippen LogP contribution in [-0.4, -0.2) is 22.9 Å². The molecule has 0 saturated heterocycles. The second-order valence-corrected chi connectivity index (χ2v) is 5.62. The first kappa shape index (κ1) is 17.4. The number of furan rings is 1. The van der Waals surface area contributed by atoms with Gasteiger partial charge in [-0.2, -0.15) is 0 Å². The highest BCUT2D eigenvalue weighted by molar-refractivity contribution is 5.94. The van der Waals surface area contributed by atoms with E-state index < -0.39 is 17.9 Å². The Morgan fingerprint density at radius 1 is 1.04 bits per heavy atom. The van der Waals surface area contributed by atoms with Crippen molar-refractivity contribution in [3.8, 4) is 0 Å². The van der Waals surface area contributed by atoms with Gasteiger partial charge in [0.2, 0.25) is 0 Å². The molecule has 0 aliphatic carbocycles. The van der Waals surface area contributed by atoms with Gasteiger partial charge in [-0.05, 0) is 29.8 Å². The van der Waals surface area contributed by atoms with Crippen LogP contribution >= 0.6 is 0 Å². The third-order valence-electron chi connectivity index (χ3n) is 3.71. The lowest BCUT2D eigenvalue weighted by Crippen LogP contribution is -2.43. The predicted molar refractivity (Wildman–Crippen MR) is 94.1 cm³/mol. The third kappa shape index (κ3) is 4.80. The maximum Gasteiger partial charge on any atom is 0.329 e. The summed E-state index contributed by atoms with van der Waals surface area (Å²) in [6.45, 7) is 0.0432. The van der Waals surface area contributed by atoms with E-state index in [0.717, 1.165) is 5.56 Å². The largest absolute Gasteiger partial charge is 0.459 e. The van der Waals surface area contributed by atoms with E-state index in [1.165, 1.54) is 12.3 Å². The van der Waals surface area contributed by atoms with E-state index in [2.05, 4.69) is 10.3 Å². The van der Waals surface area contributed by atoms with Gasteiger partial charge in [0.15, 0.2) is 5.76 Å². The van der Waals surface area contributed by atoms with Crippen molar-refractivity contribution in [1.29, 1.82) is 0 Å². The van der Waals surface area contributed by atoms with E-state index in [9.17, 15) is 9.59 Å². The number of amides is 1. The van der Waals surface area contributed by atoms with Crippen molar-refractivity contribution in [2.45, 2.75) is 19.1 Å². The normalized spacial score (nSPS) is 11.5. The van der Waals surface area contributed by atoms with Crippen LogP contribution in [0.4, 0.5) is 0 Å². The maximum absolute atomic E-state index is 12.5. The SMILES string of the molecule is O=C(N[C@@H](Cc1ccccc1)C(=O)OCc1ccccn1)c1ccco1. The summed E-state index contributed by atoms with van der Waals surface area (Å²) in [5.41, 5.74) is 1.55. The number of ether oxygens (including phenoxy) is 1. The average molecular weight is 350 g/mol. The molecule has 1 aromatic carbocycles. The molecule has 2 aromatic heterocycles. The number of rotatable bonds is 7. The Balaban J connectivity index is 1.68. The van der Waals surface area contributed by atoms with E-state index in [0.29, 0.717) is 12.1 Å². The van der Waals surface area contributed by atoms with Gasteiger partial charge in [-0.3, -0.25) is 9.78 Å². The Kier molecular flexibility index (Phi) is 5.77. The van der Waals surface area contributed by atoms with Gasteiger partial charge in [-0.25, -0.2) is 4.79 Å². The first-order valence-corrected chi connectivity index (χ1v) is 8.17. The quantitative estimate of drug-likeness (QED) is 0.663. The molecular weight excluding hydrogens is 332 g/mol. The van der Waals surface area contributed by atoms with Crippen LogP contribution in [0.2, 0.25) is 0 Å². The maximum atomic E-state index is 12.5. The van der Waals surface area contributed by atoms with Crippen LogP contribution in [0, 0.1) is 0 Å². The molecule has 0 aliphatic heterocycles. The fourth-order valence-corrected chi connectivity index (χ4v) is 2.41. The van der Waals surface area contributed by atoms with Crippen molar-refractivity contribution in [2.24, 2.45) is 0 Å². The summed E-state index contributed by atoms with van der Waals surface area (Å²) in [6.07, 6.45) is 3.35. The summed E-state index contributed by atoms with van der Waals surface area (Å²) in [5.74, 6) is -0.856. The predicted octanol–water partition coefficient (Wildman–Crippen LogP) is 2.76. The summed E-state index contributed by atoms with van der Waals surface area (Å²) in [4.78, 5) is 28.9. The summed E-state index contributed by atoms with van der Waals surface area (Å²) in [7, 11) is 0. The van der Waals surface area contributed by atoms with Crippen molar-refractivity contribution < 1.29 is 18.7 Å². The van der Waals surface area contributed by atoms with Gasteiger partial charge in [-0.15, -0.1) is 0 Å². The second kappa shape index (κ2) is 8.62. The van der Waals surface area contributed by atoms with Crippen molar-refractivity contribution in [3.63, 3.8) is 0 Å². The third-order valence-corrected chi connectivity index (χ3v) is 3.71. The Bertz CT molecular complexity index is 833. The molecule has 26 heavy (non-hydrogen) atoms. The highest BCUT2D eigenvalue weighted by Gasteiger charge is 2.24. The number of esters is 1. The minimum absolute atomic E-state index is 0.0432. The molecule has 1 amide bonds. The first-order chi connectivity index (χ1) is 12.7. The Morgan fingerprint density at radius 3 is 2.54 bits per heavy atom. The molecule has 0 fully saturated rings. The zero-order chi connectivity index (χ0) is 18.2. The van der Waals surface area contributed by atoms with Crippen LogP contribution in [-0.2, 0) is 22.6 Å². The van der Waals surface area contributed by atoms with E-state index >= 15 is 0 Å². The molecule has 0 aliphatic rings. The van der Waals surface area contributed by atoms with E-state index in [1.807, 2.05) is 36.4 Å². The molecule has 132 valence electrons. The Labute approximate surface area is 150 Å². The molecule has 6 nitrogen and oxygen atoms in total. The summed E-state index contributed by atoms with van der Waals surface area (Å²) < 4.78 is 10.4. The lowest BCUT2D eigenvalue weighted by Gasteiger charge is -2.17. The van der Waals surface area contributed by atoms with Gasteiger partial charge in [0.05, 0.1) is 12.0 Å². The van der Waals surface area contributed by atoms with Crippen LogP contribution in [0.5, 0.6) is 0 Å². The summed E-state index contributed by atoms with van der Waals surface area (Å²) in [6, 6.07) is 17.1. The zero-order valence-electron chi connectivity index (χ0n) is 14.0. The average Bonchev–Trinajstić information content (AvgIpc) is 3.22. The molecule has 0 saturated carbocycles. The molecule has 0 bridgehead atoms. The molecule has 0 spiro atoms.